The zero-order valence-electron chi connectivity index (χ0n) is 10.7. The second-order valence-electron chi connectivity index (χ2n) is 5.07. The first-order chi connectivity index (χ1) is 8.63. The van der Waals surface area contributed by atoms with Gasteiger partial charge in [0.1, 0.15) is 5.78 Å². The Morgan fingerprint density at radius 3 is 2.61 bits per heavy atom. The van der Waals surface area contributed by atoms with Gasteiger partial charge in [-0.1, -0.05) is 42.8 Å². The van der Waals surface area contributed by atoms with Crippen LogP contribution in [-0.4, -0.2) is 11.6 Å². The summed E-state index contributed by atoms with van der Waals surface area (Å²) in [6, 6.07) is 9.67. The van der Waals surface area contributed by atoms with Gasteiger partial charge in [0.15, 0.2) is 5.78 Å². The summed E-state index contributed by atoms with van der Waals surface area (Å²) in [4.78, 5) is 24.1. The van der Waals surface area contributed by atoms with Crippen molar-refractivity contribution in [3.63, 3.8) is 0 Å². The molecule has 1 aromatic carbocycles. The Kier molecular flexibility index (Phi) is 3.75. The normalized spacial score (nSPS) is 24.4. The predicted octanol–water partition coefficient (Wildman–Crippen LogP) is 3.42. The fraction of sp³-hybridized carbons (Fsp3) is 0.375. The van der Waals surface area contributed by atoms with Gasteiger partial charge in [0.2, 0.25) is 0 Å². The largest absolute Gasteiger partial charge is 0.299 e. The molecule has 18 heavy (non-hydrogen) atoms. The highest BCUT2D eigenvalue weighted by molar-refractivity contribution is 6.12. The molecule has 2 rings (SSSR count). The Morgan fingerprint density at radius 1 is 1.22 bits per heavy atom. The van der Waals surface area contributed by atoms with Crippen LogP contribution in [-0.2, 0) is 9.59 Å². The van der Waals surface area contributed by atoms with Gasteiger partial charge in [-0.25, -0.2) is 0 Å². The molecule has 0 N–H and O–H groups in total. The lowest BCUT2D eigenvalue weighted by Crippen LogP contribution is -2.37. The number of allylic oxidation sites excluding steroid dienone is 1. The molecular formula is C16H18O2. The molecule has 0 heterocycles. The van der Waals surface area contributed by atoms with Crippen LogP contribution >= 0.6 is 0 Å². The van der Waals surface area contributed by atoms with E-state index in [0.29, 0.717) is 12.8 Å². The van der Waals surface area contributed by atoms with Crippen molar-refractivity contribution in [3.8, 4) is 0 Å². The Bertz CT molecular complexity index is 473. The van der Waals surface area contributed by atoms with Gasteiger partial charge in [0.25, 0.3) is 0 Å². The highest BCUT2D eigenvalue weighted by Crippen LogP contribution is 2.34. The standard InChI is InChI=1S/C16H18O2/c1-16(12-6-5-9-14(16)17)15(18)11-10-13-7-3-2-4-8-13/h2-4,7-8,10-11H,5-6,9,12H2,1H3/b11-10+. The minimum Gasteiger partial charge on any atom is -0.299 e. The number of ketones is 2. The molecule has 0 saturated heterocycles. The molecule has 0 amide bonds. The lowest BCUT2D eigenvalue weighted by Gasteiger charge is -2.29. The van der Waals surface area contributed by atoms with Crippen LogP contribution in [0.15, 0.2) is 36.4 Å². The third-order valence-electron chi connectivity index (χ3n) is 3.72. The Hall–Kier alpha value is -1.70. The summed E-state index contributed by atoms with van der Waals surface area (Å²) < 4.78 is 0. The minimum atomic E-state index is -0.788. The topological polar surface area (TPSA) is 34.1 Å². The Morgan fingerprint density at radius 2 is 1.94 bits per heavy atom. The molecule has 94 valence electrons. The summed E-state index contributed by atoms with van der Waals surface area (Å²) in [5.41, 5.74) is 0.196. The monoisotopic (exact) mass is 242 g/mol. The van der Waals surface area contributed by atoms with Crippen LogP contribution in [0, 0.1) is 5.41 Å². The molecule has 1 aliphatic carbocycles. The van der Waals surface area contributed by atoms with Crippen molar-refractivity contribution in [3.05, 3.63) is 42.0 Å². The average molecular weight is 242 g/mol. The number of hydrogen-bond acceptors (Lipinski definition) is 2. The van der Waals surface area contributed by atoms with Gasteiger partial charge in [0, 0.05) is 6.42 Å². The van der Waals surface area contributed by atoms with Crippen LogP contribution in [0.3, 0.4) is 0 Å². The van der Waals surface area contributed by atoms with E-state index in [1.54, 1.807) is 19.1 Å². The molecule has 0 aromatic heterocycles. The molecule has 2 nitrogen and oxygen atoms in total. The maximum atomic E-state index is 12.2. The Balaban J connectivity index is 2.12. The smallest absolute Gasteiger partial charge is 0.168 e. The lowest BCUT2D eigenvalue weighted by atomic mass is 9.71. The molecule has 0 bridgehead atoms. The van der Waals surface area contributed by atoms with Crippen LogP contribution in [0.25, 0.3) is 6.08 Å². The zero-order chi connectivity index (χ0) is 13.0. The summed E-state index contributed by atoms with van der Waals surface area (Å²) >= 11 is 0. The van der Waals surface area contributed by atoms with Gasteiger partial charge in [-0.05, 0) is 31.4 Å². The van der Waals surface area contributed by atoms with Crippen molar-refractivity contribution in [1.82, 2.24) is 0 Å². The van der Waals surface area contributed by atoms with Gasteiger partial charge < -0.3 is 0 Å². The summed E-state index contributed by atoms with van der Waals surface area (Å²) in [7, 11) is 0. The molecule has 0 radical (unpaired) electrons. The second-order valence-corrected chi connectivity index (χ2v) is 5.07. The zero-order valence-corrected chi connectivity index (χ0v) is 10.7. The first-order valence-electron chi connectivity index (χ1n) is 6.44. The first-order valence-corrected chi connectivity index (χ1v) is 6.44. The van der Waals surface area contributed by atoms with Gasteiger partial charge in [0.05, 0.1) is 5.41 Å². The summed E-state index contributed by atoms with van der Waals surface area (Å²) in [5.74, 6) is 0.0347. The molecular weight excluding hydrogens is 224 g/mol. The highest BCUT2D eigenvalue weighted by Gasteiger charge is 2.40. The van der Waals surface area contributed by atoms with E-state index >= 15 is 0 Å². The molecule has 0 aliphatic heterocycles. The van der Waals surface area contributed by atoms with E-state index in [1.807, 2.05) is 30.3 Å². The molecule has 1 atom stereocenters. The van der Waals surface area contributed by atoms with Crippen LogP contribution in [0.2, 0.25) is 0 Å². The van der Waals surface area contributed by atoms with Crippen molar-refractivity contribution >= 4 is 17.6 Å². The fourth-order valence-electron chi connectivity index (χ4n) is 2.36. The quantitative estimate of drug-likeness (QED) is 0.601. The maximum absolute atomic E-state index is 12.2. The molecule has 1 aliphatic rings. The molecule has 1 aromatic rings. The van der Waals surface area contributed by atoms with Crippen molar-refractivity contribution in [2.75, 3.05) is 0 Å². The van der Waals surface area contributed by atoms with Gasteiger partial charge in [-0.3, -0.25) is 9.59 Å². The number of Topliss-reactive ketones (excluding diaryl/α,β-unsaturated/α-hetero) is 1. The minimum absolute atomic E-state index is 0.0592. The number of rotatable bonds is 3. The molecule has 1 fully saturated rings. The molecule has 0 spiro atoms. The fourth-order valence-corrected chi connectivity index (χ4v) is 2.36. The van der Waals surface area contributed by atoms with Crippen LogP contribution in [0.1, 0.15) is 38.2 Å². The van der Waals surface area contributed by atoms with E-state index in [9.17, 15) is 9.59 Å². The third-order valence-corrected chi connectivity index (χ3v) is 3.72. The summed E-state index contributed by atoms with van der Waals surface area (Å²) in [5, 5.41) is 0. The molecule has 1 unspecified atom stereocenters. The summed E-state index contributed by atoms with van der Waals surface area (Å²) in [6.45, 7) is 1.78. The van der Waals surface area contributed by atoms with Crippen molar-refractivity contribution in [2.24, 2.45) is 5.41 Å². The van der Waals surface area contributed by atoms with Crippen LogP contribution in [0.4, 0.5) is 0 Å². The predicted molar refractivity (Wildman–Crippen MR) is 72.1 cm³/mol. The molecule has 1 saturated carbocycles. The van der Waals surface area contributed by atoms with E-state index in [2.05, 4.69) is 0 Å². The van der Waals surface area contributed by atoms with Crippen LogP contribution in [0.5, 0.6) is 0 Å². The number of carbonyl (C=O) groups excluding carboxylic acids is 2. The third kappa shape index (κ3) is 2.58. The SMILES string of the molecule is CC1(C(=O)/C=C/c2ccccc2)CCCCC1=O. The van der Waals surface area contributed by atoms with E-state index in [-0.39, 0.29) is 11.6 Å². The van der Waals surface area contributed by atoms with Crippen molar-refractivity contribution in [2.45, 2.75) is 32.6 Å². The van der Waals surface area contributed by atoms with Gasteiger partial charge >= 0.3 is 0 Å². The van der Waals surface area contributed by atoms with Gasteiger partial charge in [-0.15, -0.1) is 0 Å². The lowest BCUT2D eigenvalue weighted by molar-refractivity contribution is -0.139. The first kappa shape index (κ1) is 12.7. The number of carbonyl (C=O) groups is 2. The van der Waals surface area contributed by atoms with E-state index in [0.717, 1.165) is 18.4 Å². The van der Waals surface area contributed by atoms with E-state index < -0.39 is 5.41 Å². The maximum Gasteiger partial charge on any atom is 0.168 e. The number of benzene rings is 1. The van der Waals surface area contributed by atoms with Gasteiger partial charge in [-0.2, -0.15) is 0 Å². The summed E-state index contributed by atoms with van der Waals surface area (Å²) in [6.07, 6.45) is 6.45. The van der Waals surface area contributed by atoms with Crippen LogP contribution < -0.4 is 0 Å². The average Bonchev–Trinajstić information content (AvgIpc) is 2.40. The van der Waals surface area contributed by atoms with Crippen molar-refractivity contribution < 1.29 is 9.59 Å². The van der Waals surface area contributed by atoms with E-state index in [1.165, 1.54) is 0 Å². The van der Waals surface area contributed by atoms with Crippen molar-refractivity contribution in [1.29, 1.82) is 0 Å². The highest BCUT2D eigenvalue weighted by atomic mass is 16.2. The Labute approximate surface area is 108 Å². The molecule has 2 heteroatoms. The number of hydrogen-bond donors (Lipinski definition) is 0. The van der Waals surface area contributed by atoms with E-state index in [4.69, 9.17) is 0 Å². The second kappa shape index (κ2) is 5.30.